The SMILES string of the molecule is Cc1cc2cc(CN)ccc2c(Cl)n1. The number of benzene rings is 1. The van der Waals surface area contributed by atoms with E-state index in [1.807, 2.05) is 25.1 Å². The molecule has 0 aliphatic heterocycles. The van der Waals surface area contributed by atoms with Gasteiger partial charge in [-0.05, 0) is 30.0 Å². The van der Waals surface area contributed by atoms with Gasteiger partial charge in [-0.2, -0.15) is 0 Å². The molecule has 1 heterocycles. The summed E-state index contributed by atoms with van der Waals surface area (Å²) in [4.78, 5) is 4.19. The summed E-state index contributed by atoms with van der Waals surface area (Å²) in [5.41, 5.74) is 7.61. The lowest BCUT2D eigenvalue weighted by Crippen LogP contribution is -1.96. The number of halogens is 1. The Labute approximate surface area is 87.7 Å². The molecule has 0 bridgehead atoms. The molecule has 2 aromatic rings. The lowest BCUT2D eigenvalue weighted by Gasteiger charge is -2.03. The first-order chi connectivity index (χ1) is 6.70. The van der Waals surface area contributed by atoms with Gasteiger partial charge >= 0.3 is 0 Å². The molecule has 2 nitrogen and oxygen atoms in total. The minimum absolute atomic E-state index is 0.551. The van der Waals surface area contributed by atoms with Crippen molar-refractivity contribution in [3.8, 4) is 0 Å². The molecule has 0 aliphatic carbocycles. The Hall–Kier alpha value is -1.12. The molecule has 1 aromatic heterocycles. The van der Waals surface area contributed by atoms with E-state index in [-0.39, 0.29) is 0 Å². The van der Waals surface area contributed by atoms with Gasteiger partial charge in [0.15, 0.2) is 0 Å². The van der Waals surface area contributed by atoms with Crippen LogP contribution in [0.5, 0.6) is 0 Å². The van der Waals surface area contributed by atoms with E-state index in [1.54, 1.807) is 0 Å². The molecule has 2 rings (SSSR count). The number of pyridine rings is 1. The van der Waals surface area contributed by atoms with E-state index in [4.69, 9.17) is 17.3 Å². The van der Waals surface area contributed by atoms with Crippen LogP contribution in [0.1, 0.15) is 11.3 Å². The van der Waals surface area contributed by atoms with Gasteiger partial charge in [0.05, 0.1) is 0 Å². The lowest BCUT2D eigenvalue weighted by molar-refractivity contribution is 1.07. The number of fused-ring (bicyclic) bond motifs is 1. The van der Waals surface area contributed by atoms with Crippen molar-refractivity contribution in [1.82, 2.24) is 4.98 Å². The zero-order chi connectivity index (χ0) is 10.1. The van der Waals surface area contributed by atoms with Gasteiger partial charge < -0.3 is 5.73 Å². The van der Waals surface area contributed by atoms with Gasteiger partial charge in [0.25, 0.3) is 0 Å². The third-order valence-electron chi connectivity index (χ3n) is 2.21. The van der Waals surface area contributed by atoms with E-state index in [2.05, 4.69) is 11.1 Å². The molecule has 3 heteroatoms. The third-order valence-corrected chi connectivity index (χ3v) is 2.50. The molecular formula is C11H11ClN2. The number of nitrogens with two attached hydrogens (primary N) is 1. The Morgan fingerprint density at radius 3 is 2.86 bits per heavy atom. The zero-order valence-electron chi connectivity index (χ0n) is 7.92. The predicted octanol–water partition coefficient (Wildman–Crippen LogP) is 2.66. The summed E-state index contributed by atoms with van der Waals surface area (Å²) in [6, 6.07) is 8.01. The van der Waals surface area contributed by atoms with E-state index in [0.717, 1.165) is 22.0 Å². The second-order valence-corrected chi connectivity index (χ2v) is 3.67. The van der Waals surface area contributed by atoms with E-state index >= 15 is 0 Å². The van der Waals surface area contributed by atoms with Gasteiger partial charge in [0.1, 0.15) is 5.15 Å². The summed E-state index contributed by atoms with van der Waals surface area (Å²) in [6.07, 6.45) is 0. The molecule has 14 heavy (non-hydrogen) atoms. The predicted molar refractivity (Wildman–Crippen MR) is 59.4 cm³/mol. The third kappa shape index (κ3) is 1.59. The standard InChI is InChI=1S/C11H11ClN2/c1-7-4-9-5-8(6-13)2-3-10(9)11(12)14-7/h2-5H,6,13H2,1H3. The quantitative estimate of drug-likeness (QED) is 0.729. The van der Waals surface area contributed by atoms with Crippen LogP contribution >= 0.6 is 11.6 Å². The van der Waals surface area contributed by atoms with Gasteiger partial charge in [-0.3, -0.25) is 0 Å². The normalized spacial score (nSPS) is 10.8. The van der Waals surface area contributed by atoms with Gasteiger partial charge in [-0.25, -0.2) is 4.98 Å². The monoisotopic (exact) mass is 206 g/mol. The van der Waals surface area contributed by atoms with Crippen LogP contribution in [0.25, 0.3) is 10.8 Å². The molecule has 0 saturated carbocycles. The first-order valence-corrected chi connectivity index (χ1v) is 4.84. The van der Waals surface area contributed by atoms with Crippen molar-refractivity contribution in [3.05, 3.63) is 40.7 Å². The first-order valence-electron chi connectivity index (χ1n) is 4.46. The molecule has 0 unspecified atom stereocenters. The van der Waals surface area contributed by atoms with Crippen LogP contribution in [-0.4, -0.2) is 4.98 Å². The molecule has 0 aliphatic rings. The van der Waals surface area contributed by atoms with Crippen LogP contribution in [0, 0.1) is 6.92 Å². The highest BCUT2D eigenvalue weighted by molar-refractivity contribution is 6.34. The van der Waals surface area contributed by atoms with Crippen LogP contribution in [0.3, 0.4) is 0 Å². The maximum absolute atomic E-state index is 6.02. The summed E-state index contributed by atoms with van der Waals surface area (Å²) >= 11 is 6.02. The van der Waals surface area contributed by atoms with Crippen molar-refractivity contribution in [2.24, 2.45) is 5.73 Å². The average molecular weight is 207 g/mol. The Kier molecular flexibility index (Phi) is 2.40. The Bertz CT molecular complexity index is 480. The largest absolute Gasteiger partial charge is 0.326 e. The molecule has 0 atom stereocenters. The molecule has 1 aromatic carbocycles. The molecule has 0 amide bonds. The Morgan fingerprint density at radius 1 is 1.36 bits per heavy atom. The maximum atomic E-state index is 6.02. The van der Waals surface area contributed by atoms with E-state index < -0.39 is 0 Å². The Morgan fingerprint density at radius 2 is 2.14 bits per heavy atom. The van der Waals surface area contributed by atoms with Crippen molar-refractivity contribution in [1.29, 1.82) is 0 Å². The van der Waals surface area contributed by atoms with Crippen molar-refractivity contribution in [2.45, 2.75) is 13.5 Å². The summed E-state index contributed by atoms with van der Waals surface area (Å²) in [6.45, 7) is 2.48. The van der Waals surface area contributed by atoms with Crippen LogP contribution < -0.4 is 5.73 Å². The first kappa shape index (κ1) is 9.44. The number of nitrogens with zero attached hydrogens (tertiary/aromatic N) is 1. The zero-order valence-corrected chi connectivity index (χ0v) is 8.67. The molecule has 2 N–H and O–H groups in total. The van der Waals surface area contributed by atoms with Crippen molar-refractivity contribution in [3.63, 3.8) is 0 Å². The average Bonchev–Trinajstić information content (AvgIpc) is 2.16. The second kappa shape index (κ2) is 3.56. The highest BCUT2D eigenvalue weighted by Gasteiger charge is 2.02. The fourth-order valence-electron chi connectivity index (χ4n) is 1.52. The molecule has 72 valence electrons. The number of hydrogen-bond donors (Lipinski definition) is 1. The number of hydrogen-bond acceptors (Lipinski definition) is 2. The smallest absolute Gasteiger partial charge is 0.137 e. The topological polar surface area (TPSA) is 38.9 Å². The number of aryl methyl sites for hydroxylation is 1. The van der Waals surface area contributed by atoms with Crippen molar-refractivity contribution >= 4 is 22.4 Å². The molecule has 0 fully saturated rings. The minimum atomic E-state index is 0.551. The molecule has 0 spiro atoms. The fraction of sp³-hybridized carbons (Fsp3) is 0.182. The van der Waals surface area contributed by atoms with E-state index in [1.165, 1.54) is 0 Å². The minimum Gasteiger partial charge on any atom is -0.326 e. The van der Waals surface area contributed by atoms with Crippen LogP contribution in [-0.2, 0) is 6.54 Å². The summed E-state index contributed by atoms with van der Waals surface area (Å²) in [5.74, 6) is 0. The number of rotatable bonds is 1. The van der Waals surface area contributed by atoms with Crippen molar-refractivity contribution < 1.29 is 0 Å². The number of aromatic nitrogens is 1. The van der Waals surface area contributed by atoms with Crippen molar-refractivity contribution in [2.75, 3.05) is 0 Å². The molecule has 0 saturated heterocycles. The van der Waals surface area contributed by atoms with E-state index in [0.29, 0.717) is 11.7 Å². The summed E-state index contributed by atoms with van der Waals surface area (Å²) in [5, 5.41) is 2.64. The van der Waals surface area contributed by atoms with Crippen LogP contribution in [0.2, 0.25) is 5.15 Å². The van der Waals surface area contributed by atoms with Gasteiger partial charge in [-0.1, -0.05) is 23.7 Å². The second-order valence-electron chi connectivity index (χ2n) is 3.31. The van der Waals surface area contributed by atoms with E-state index in [9.17, 15) is 0 Å². The Balaban J connectivity index is 2.75. The van der Waals surface area contributed by atoms with Gasteiger partial charge in [-0.15, -0.1) is 0 Å². The molecular weight excluding hydrogens is 196 g/mol. The summed E-state index contributed by atoms with van der Waals surface area (Å²) in [7, 11) is 0. The maximum Gasteiger partial charge on any atom is 0.137 e. The fourth-order valence-corrected chi connectivity index (χ4v) is 1.82. The van der Waals surface area contributed by atoms with Crippen LogP contribution in [0.15, 0.2) is 24.3 Å². The molecule has 0 radical (unpaired) electrons. The van der Waals surface area contributed by atoms with Crippen LogP contribution in [0.4, 0.5) is 0 Å². The highest BCUT2D eigenvalue weighted by Crippen LogP contribution is 2.23. The van der Waals surface area contributed by atoms with Gasteiger partial charge in [0.2, 0.25) is 0 Å². The summed E-state index contributed by atoms with van der Waals surface area (Å²) < 4.78 is 0. The highest BCUT2D eigenvalue weighted by atomic mass is 35.5. The van der Waals surface area contributed by atoms with Gasteiger partial charge in [0, 0.05) is 17.6 Å². The lowest BCUT2D eigenvalue weighted by atomic mass is 10.1.